The Balaban J connectivity index is 1.72. The molecule has 1 atom stereocenters. The number of ether oxygens (including phenoxy) is 1. The average molecular weight is 464 g/mol. The molecule has 0 aliphatic rings. The Hall–Kier alpha value is -2.98. The smallest absolute Gasteiger partial charge is 0.232 e. The van der Waals surface area contributed by atoms with Crippen LogP contribution in [-0.2, 0) is 23.0 Å². The van der Waals surface area contributed by atoms with Crippen LogP contribution in [0.5, 0.6) is 0 Å². The van der Waals surface area contributed by atoms with Crippen LogP contribution in [-0.4, -0.2) is 43.8 Å². The zero-order valence-corrected chi connectivity index (χ0v) is 19.2. The van der Waals surface area contributed by atoms with E-state index < -0.39 is 11.2 Å². The Bertz CT molecular complexity index is 1410. The molecular weight excluding hydrogens is 442 g/mol. The van der Waals surface area contributed by atoms with E-state index in [0.717, 1.165) is 43.6 Å². The van der Waals surface area contributed by atoms with Crippen LogP contribution < -0.4 is 5.73 Å². The molecule has 0 aliphatic heterocycles. The number of aromatic nitrogens is 4. The van der Waals surface area contributed by atoms with Crippen molar-refractivity contribution in [2.75, 3.05) is 25.2 Å². The standard InChI is InChI=1S/C23H21N5O2S2/c1-28-21-16(13-26-28)10-15(12-25-21)18-11-17(14-6-4-3-5-7-14)19-20(24)23(31-22(19)27-18)32(29)9-8-30-2/h3-7,10-13H,8-9,24H2,1-2H3. The molecule has 162 valence electrons. The highest BCUT2D eigenvalue weighted by Crippen LogP contribution is 2.43. The second kappa shape index (κ2) is 8.51. The van der Waals surface area contributed by atoms with Crippen LogP contribution in [0.15, 0.2) is 59.1 Å². The number of rotatable bonds is 6. The average Bonchev–Trinajstić information content (AvgIpc) is 3.37. The molecule has 0 amide bonds. The van der Waals surface area contributed by atoms with Gasteiger partial charge in [-0.15, -0.1) is 0 Å². The third kappa shape index (κ3) is 3.63. The summed E-state index contributed by atoms with van der Waals surface area (Å²) in [4.78, 5) is 10.2. The van der Waals surface area contributed by atoms with Crippen LogP contribution in [0.4, 0.5) is 5.69 Å². The van der Waals surface area contributed by atoms with Crippen LogP contribution in [0.25, 0.3) is 43.6 Å². The molecule has 0 fully saturated rings. The van der Waals surface area contributed by atoms with Crippen molar-refractivity contribution in [1.29, 1.82) is 0 Å². The summed E-state index contributed by atoms with van der Waals surface area (Å²) in [5, 5.41) is 6.06. The number of aryl methyl sites for hydroxylation is 1. The van der Waals surface area contributed by atoms with Crippen LogP contribution in [0.2, 0.25) is 0 Å². The number of hydrogen-bond acceptors (Lipinski definition) is 7. The maximum Gasteiger partial charge on any atom is 0.232 e. The van der Waals surface area contributed by atoms with Gasteiger partial charge in [0, 0.05) is 47.9 Å². The molecule has 2 N–H and O–H groups in total. The Morgan fingerprint density at radius 2 is 1.97 bits per heavy atom. The quantitative estimate of drug-likeness (QED) is 0.378. The Morgan fingerprint density at radius 1 is 1.16 bits per heavy atom. The van der Waals surface area contributed by atoms with Gasteiger partial charge in [0.1, 0.15) is 16.3 Å². The molecule has 5 rings (SSSR count). The lowest BCUT2D eigenvalue weighted by atomic mass is 10.0. The van der Waals surface area contributed by atoms with Crippen LogP contribution in [0.1, 0.15) is 0 Å². The number of pyridine rings is 2. The van der Waals surface area contributed by atoms with E-state index in [4.69, 9.17) is 15.5 Å². The third-order valence-corrected chi connectivity index (χ3v) is 8.17. The van der Waals surface area contributed by atoms with Crippen molar-refractivity contribution in [2.45, 2.75) is 4.21 Å². The molecule has 0 aliphatic carbocycles. The van der Waals surface area contributed by atoms with E-state index in [1.165, 1.54) is 11.3 Å². The van der Waals surface area contributed by atoms with Gasteiger partial charge in [-0.1, -0.05) is 41.7 Å². The maximum atomic E-state index is 12.9. The molecule has 1 unspecified atom stereocenters. The summed E-state index contributed by atoms with van der Waals surface area (Å²) in [6.45, 7) is 0.404. The fourth-order valence-electron chi connectivity index (χ4n) is 3.70. The molecule has 32 heavy (non-hydrogen) atoms. The van der Waals surface area contributed by atoms with Gasteiger partial charge in [-0.3, -0.25) is 4.68 Å². The molecule has 0 saturated heterocycles. The summed E-state index contributed by atoms with van der Waals surface area (Å²) in [5.74, 6) is 0.392. The molecule has 4 heterocycles. The largest absolute Gasteiger partial charge is 0.611 e. The fourth-order valence-corrected chi connectivity index (χ4v) is 6.26. The second-order valence-electron chi connectivity index (χ2n) is 7.35. The van der Waals surface area contributed by atoms with E-state index in [-0.39, 0.29) is 0 Å². The lowest BCUT2D eigenvalue weighted by molar-refractivity contribution is 0.217. The lowest BCUT2D eigenvalue weighted by Gasteiger charge is -2.09. The first kappa shape index (κ1) is 20.9. The van der Waals surface area contributed by atoms with Crippen molar-refractivity contribution in [1.82, 2.24) is 19.7 Å². The normalized spacial score (nSPS) is 12.6. The maximum absolute atomic E-state index is 12.9. The Labute approximate surface area is 192 Å². The SMILES string of the molecule is COCC[S+]([O-])c1sc2nc(-c3cnc4c(cnn4C)c3)cc(-c3ccccc3)c2c1N. The summed E-state index contributed by atoms with van der Waals surface area (Å²) >= 11 is 0.125. The first-order chi connectivity index (χ1) is 15.6. The Morgan fingerprint density at radius 3 is 2.75 bits per heavy atom. The number of nitrogen functional groups attached to an aromatic ring is 1. The second-order valence-corrected chi connectivity index (χ2v) is 10.1. The van der Waals surface area contributed by atoms with Gasteiger partial charge >= 0.3 is 0 Å². The van der Waals surface area contributed by atoms with E-state index in [0.29, 0.717) is 22.3 Å². The highest BCUT2D eigenvalue weighted by atomic mass is 32.2. The van der Waals surface area contributed by atoms with Crippen LogP contribution in [0.3, 0.4) is 0 Å². The van der Waals surface area contributed by atoms with E-state index in [2.05, 4.69) is 10.1 Å². The van der Waals surface area contributed by atoms with Crippen molar-refractivity contribution in [3.63, 3.8) is 0 Å². The summed E-state index contributed by atoms with van der Waals surface area (Å²) < 4.78 is 20.3. The lowest BCUT2D eigenvalue weighted by Crippen LogP contribution is -2.11. The zero-order valence-electron chi connectivity index (χ0n) is 17.6. The molecule has 0 radical (unpaired) electrons. The summed E-state index contributed by atoms with van der Waals surface area (Å²) in [6.07, 6.45) is 3.60. The van der Waals surface area contributed by atoms with Crippen molar-refractivity contribution >= 4 is 49.5 Å². The minimum absolute atomic E-state index is 0.392. The van der Waals surface area contributed by atoms with Crippen LogP contribution >= 0.6 is 11.3 Å². The molecule has 1 aromatic carbocycles. The van der Waals surface area contributed by atoms with Crippen molar-refractivity contribution in [2.24, 2.45) is 7.05 Å². The number of fused-ring (bicyclic) bond motifs is 2. The van der Waals surface area contributed by atoms with Gasteiger partial charge < -0.3 is 15.0 Å². The van der Waals surface area contributed by atoms with Gasteiger partial charge in [-0.05, 0) is 23.3 Å². The number of benzene rings is 1. The third-order valence-electron chi connectivity index (χ3n) is 5.30. The number of nitrogens with two attached hydrogens (primary N) is 1. The van der Waals surface area contributed by atoms with E-state index in [1.807, 2.05) is 55.7 Å². The van der Waals surface area contributed by atoms with Crippen molar-refractivity contribution < 1.29 is 9.29 Å². The number of methoxy groups -OCH3 is 1. The van der Waals surface area contributed by atoms with Crippen molar-refractivity contribution in [3.05, 3.63) is 54.9 Å². The van der Waals surface area contributed by atoms with Gasteiger partial charge in [-0.25, -0.2) is 9.97 Å². The van der Waals surface area contributed by atoms with Crippen molar-refractivity contribution in [3.8, 4) is 22.4 Å². The fraction of sp³-hybridized carbons (Fsp3) is 0.174. The number of hydrogen-bond donors (Lipinski definition) is 1. The van der Waals surface area contributed by atoms with E-state index in [1.54, 1.807) is 18.0 Å². The molecule has 7 nitrogen and oxygen atoms in total. The van der Waals surface area contributed by atoms with Gasteiger partial charge in [0.25, 0.3) is 0 Å². The first-order valence-electron chi connectivity index (χ1n) is 10.0. The molecule has 5 aromatic rings. The number of thiophene rings is 1. The molecule has 9 heteroatoms. The Kier molecular flexibility index (Phi) is 5.56. The van der Waals surface area contributed by atoms with Gasteiger partial charge in [0.15, 0.2) is 5.65 Å². The van der Waals surface area contributed by atoms with Crippen LogP contribution in [0, 0.1) is 0 Å². The highest BCUT2D eigenvalue weighted by molar-refractivity contribution is 7.93. The monoisotopic (exact) mass is 463 g/mol. The minimum Gasteiger partial charge on any atom is -0.611 e. The predicted molar refractivity (Wildman–Crippen MR) is 130 cm³/mol. The minimum atomic E-state index is -1.25. The van der Waals surface area contributed by atoms with Gasteiger partial charge in [0.05, 0.1) is 18.5 Å². The van der Waals surface area contributed by atoms with Gasteiger partial charge in [0.2, 0.25) is 4.21 Å². The molecule has 0 bridgehead atoms. The van der Waals surface area contributed by atoms with Gasteiger partial charge in [-0.2, -0.15) is 5.10 Å². The first-order valence-corrected chi connectivity index (χ1v) is 12.1. The topological polar surface area (TPSA) is 102 Å². The predicted octanol–water partition coefficient (Wildman–Crippen LogP) is 4.25. The number of anilines is 1. The molecule has 0 spiro atoms. The van der Waals surface area contributed by atoms with E-state index >= 15 is 0 Å². The summed E-state index contributed by atoms with van der Waals surface area (Å²) in [6, 6.07) is 14.1. The zero-order chi connectivity index (χ0) is 22.2. The summed E-state index contributed by atoms with van der Waals surface area (Å²) in [7, 11) is 3.46. The molecule has 4 aromatic heterocycles. The molecular formula is C23H21N5O2S2. The highest BCUT2D eigenvalue weighted by Gasteiger charge is 2.25. The number of nitrogens with zero attached hydrogens (tertiary/aromatic N) is 4. The summed E-state index contributed by atoms with van der Waals surface area (Å²) in [5.41, 5.74) is 11.5. The van der Waals surface area contributed by atoms with E-state index in [9.17, 15) is 4.55 Å². The molecule has 0 saturated carbocycles.